The van der Waals surface area contributed by atoms with E-state index >= 15 is 0 Å². The van der Waals surface area contributed by atoms with Crippen LogP contribution in [0.25, 0.3) is 0 Å². The topological polar surface area (TPSA) is 37.3 Å². The molecule has 0 amide bonds. The summed E-state index contributed by atoms with van der Waals surface area (Å²) in [5.41, 5.74) is 0. The number of rotatable bonds is 11. The van der Waals surface area contributed by atoms with E-state index in [0.29, 0.717) is 6.42 Å². The Labute approximate surface area is 102 Å². The second-order valence-electron chi connectivity index (χ2n) is 4.93. The molecule has 0 bridgehead atoms. The van der Waals surface area contributed by atoms with E-state index in [1.165, 1.54) is 44.6 Å². The van der Waals surface area contributed by atoms with Crippen LogP contribution in [0.3, 0.4) is 0 Å². The molecule has 0 aromatic heterocycles. The van der Waals surface area contributed by atoms with Crippen molar-refractivity contribution in [2.45, 2.75) is 76.9 Å². The summed E-state index contributed by atoms with van der Waals surface area (Å²) < 4.78 is 0. The zero-order valence-electron chi connectivity index (χ0n) is 10.9. The van der Waals surface area contributed by atoms with E-state index in [-0.39, 0.29) is 8.80 Å². The van der Waals surface area contributed by atoms with E-state index in [4.69, 9.17) is 5.11 Å². The van der Waals surface area contributed by atoms with Gasteiger partial charge >= 0.3 is 5.97 Å². The van der Waals surface area contributed by atoms with Gasteiger partial charge in [-0.15, -0.1) is 0 Å². The van der Waals surface area contributed by atoms with E-state index < -0.39 is 5.97 Å². The Morgan fingerprint density at radius 1 is 0.875 bits per heavy atom. The average Bonchev–Trinajstić information content (AvgIpc) is 2.20. The third kappa shape index (κ3) is 13.7. The molecule has 0 fully saturated rings. The van der Waals surface area contributed by atoms with Crippen LogP contribution in [-0.2, 0) is 4.79 Å². The summed E-state index contributed by atoms with van der Waals surface area (Å²) in [6.45, 7) is 4.76. The minimum atomic E-state index is -0.656. The Morgan fingerprint density at radius 3 is 1.75 bits per heavy atom. The lowest BCUT2D eigenvalue weighted by Gasteiger charge is -2.03. The number of hydrogen-bond acceptors (Lipinski definition) is 1. The lowest BCUT2D eigenvalue weighted by molar-refractivity contribution is -0.137. The van der Waals surface area contributed by atoms with Crippen LogP contribution in [0.2, 0.25) is 19.1 Å². The SMILES string of the molecule is C[Si](C)CCCCCCCCCCC(=O)O. The van der Waals surface area contributed by atoms with Crippen molar-refractivity contribution in [3.8, 4) is 0 Å². The monoisotopic (exact) mass is 243 g/mol. The summed E-state index contributed by atoms with van der Waals surface area (Å²) in [5.74, 6) is -0.656. The number of aliphatic carboxylic acids is 1. The third-order valence-electron chi connectivity index (χ3n) is 2.82. The highest BCUT2D eigenvalue weighted by Gasteiger charge is 1.97. The van der Waals surface area contributed by atoms with Crippen LogP contribution in [0.5, 0.6) is 0 Å². The molecule has 16 heavy (non-hydrogen) atoms. The first-order chi connectivity index (χ1) is 7.63. The largest absolute Gasteiger partial charge is 0.481 e. The van der Waals surface area contributed by atoms with E-state index in [1.54, 1.807) is 0 Å². The molecule has 0 aliphatic carbocycles. The summed E-state index contributed by atoms with van der Waals surface area (Å²) in [7, 11) is -0.00257. The van der Waals surface area contributed by atoms with Crippen molar-refractivity contribution in [1.82, 2.24) is 0 Å². The third-order valence-corrected chi connectivity index (χ3v) is 4.17. The Morgan fingerprint density at radius 2 is 1.31 bits per heavy atom. The molecule has 0 saturated heterocycles. The molecule has 0 saturated carbocycles. The average molecular weight is 243 g/mol. The van der Waals surface area contributed by atoms with Gasteiger partial charge in [-0.1, -0.05) is 64.1 Å². The minimum Gasteiger partial charge on any atom is -0.481 e. The molecule has 0 atom stereocenters. The normalized spacial score (nSPS) is 10.9. The molecule has 95 valence electrons. The van der Waals surface area contributed by atoms with Gasteiger partial charge in [0, 0.05) is 15.2 Å². The predicted molar refractivity (Wildman–Crippen MR) is 71.5 cm³/mol. The second-order valence-corrected chi connectivity index (χ2v) is 7.84. The van der Waals surface area contributed by atoms with Gasteiger partial charge in [0.05, 0.1) is 0 Å². The lowest BCUT2D eigenvalue weighted by atomic mass is 10.1. The first-order valence-electron chi connectivity index (χ1n) is 6.63. The summed E-state index contributed by atoms with van der Waals surface area (Å²) in [4.78, 5) is 10.3. The van der Waals surface area contributed by atoms with Crippen LogP contribution in [0.1, 0.15) is 57.8 Å². The number of carbonyl (C=O) groups is 1. The first kappa shape index (κ1) is 15.7. The van der Waals surface area contributed by atoms with Crippen molar-refractivity contribution in [2.75, 3.05) is 0 Å². The van der Waals surface area contributed by atoms with Crippen molar-refractivity contribution in [2.24, 2.45) is 0 Å². The molecule has 0 aliphatic rings. The quantitative estimate of drug-likeness (QED) is 0.433. The van der Waals surface area contributed by atoms with Crippen LogP contribution in [0.15, 0.2) is 0 Å². The first-order valence-corrected chi connectivity index (χ1v) is 9.34. The molecule has 0 aromatic rings. The van der Waals surface area contributed by atoms with Gasteiger partial charge < -0.3 is 5.11 Å². The van der Waals surface area contributed by atoms with Gasteiger partial charge in [-0.2, -0.15) is 0 Å². The highest BCUT2D eigenvalue weighted by Crippen LogP contribution is 2.11. The van der Waals surface area contributed by atoms with Crippen LogP contribution >= 0.6 is 0 Å². The van der Waals surface area contributed by atoms with E-state index in [2.05, 4.69) is 13.1 Å². The van der Waals surface area contributed by atoms with Gasteiger partial charge in [0.25, 0.3) is 0 Å². The van der Waals surface area contributed by atoms with E-state index in [1.807, 2.05) is 0 Å². The fourth-order valence-corrected chi connectivity index (χ4v) is 2.77. The summed E-state index contributed by atoms with van der Waals surface area (Å²) in [6.07, 6.45) is 10.3. The molecule has 0 heterocycles. The predicted octanol–water partition coefficient (Wildman–Crippen LogP) is 4.34. The Kier molecular flexibility index (Phi) is 11.0. The Balaban J connectivity index is 2.96. The molecule has 0 aromatic carbocycles. The molecule has 0 rings (SSSR count). The van der Waals surface area contributed by atoms with Crippen molar-refractivity contribution in [3.05, 3.63) is 0 Å². The Hall–Kier alpha value is -0.313. The smallest absolute Gasteiger partial charge is 0.303 e. The number of carboxylic acid groups (broad SMARTS) is 1. The van der Waals surface area contributed by atoms with Crippen molar-refractivity contribution in [1.29, 1.82) is 0 Å². The number of carboxylic acids is 1. The van der Waals surface area contributed by atoms with E-state index in [9.17, 15) is 4.79 Å². The fraction of sp³-hybridized carbons (Fsp3) is 0.923. The van der Waals surface area contributed by atoms with Gasteiger partial charge in [0.2, 0.25) is 0 Å². The number of hydrogen-bond donors (Lipinski definition) is 1. The maximum Gasteiger partial charge on any atom is 0.303 e. The molecule has 0 unspecified atom stereocenters. The molecule has 0 aliphatic heterocycles. The maximum absolute atomic E-state index is 10.3. The standard InChI is InChI=1S/C13H27O2Si/c1-16(2)12-10-8-6-4-3-5-7-9-11-13(14)15/h3-12H2,1-2H3,(H,14,15). The maximum atomic E-state index is 10.3. The molecule has 3 heteroatoms. The molecular formula is C13H27O2Si. The van der Waals surface area contributed by atoms with Crippen LogP contribution in [0.4, 0.5) is 0 Å². The van der Waals surface area contributed by atoms with Crippen LogP contribution in [-0.4, -0.2) is 19.9 Å². The van der Waals surface area contributed by atoms with Gasteiger partial charge in [0.1, 0.15) is 0 Å². The fourth-order valence-electron chi connectivity index (χ4n) is 1.82. The molecule has 0 spiro atoms. The van der Waals surface area contributed by atoms with E-state index in [0.717, 1.165) is 12.8 Å². The van der Waals surface area contributed by atoms with Crippen molar-refractivity contribution >= 4 is 14.8 Å². The van der Waals surface area contributed by atoms with Gasteiger partial charge in [-0.25, -0.2) is 0 Å². The zero-order valence-corrected chi connectivity index (χ0v) is 11.9. The van der Waals surface area contributed by atoms with Crippen molar-refractivity contribution < 1.29 is 9.90 Å². The van der Waals surface area contributed by atoms with Gasteiger partial charge in [-0.3, -0.25) is 4.79 Å². The van der Waals surface area contributed by atoms with Gasteiger partial charge in [-0.05, 0) is 6.42 Å². The summed E-state index contributed by atoms with van der Waals surface area (Å²) in [6, 6.07) is 1.46. The highest BCUT2D eigenvalue weighted by molar-refractivity contribution is 6.55. The van der Waals surface area contributed by atoms with Gasteiger partial charge in [0.15, 0.2) is 0 Å². The second kappa shape index (κ2) is 11.2. The molecular weight excluding hydrogens is 216 g/mol. The molecule has 1 radical (unpaired) electrons. The summed E-state index contributed by atoms with van der Waals surface area (Å²) >= 11 is 0. The Bertz CT molecular complexity index is 169. The van der Waals surface area contributed by atoms with Crippen molar-refractivity contribution in [3.63, 3.8) is 0 Å². The number of unbranched alkanes of at least 4 members (excludes halogenated alkanes) is 7. The van der Waals surface area contributed by atoms with Crippen LogP contribution < -0.4 is 0 Å². The highest BCUT2D eigenvalue weighted by atomic mass is 28.3. The molecule has 2 nitrogen and oxygen atoms in total. The zero-order chi connectivity index (χ0) is 12.2. The lowest BCUT2D eigenvalue weighted by Crippen LogP contribution is -1.97. The summed E-state index contributed by atoms with van der Waals surface area (Å²) in [5, 5.41) is 8.46. The molecule has 1 N–H and O–H groups in total. The van der Waals surface area contributed by atoms with Crippen LogP contribution in [0, 0.1) is 0 Å². The minimum absolute atomic E-state index is 0.00257.